The van der Waals surface area contributed by atoms with Crippen molar-refractivity contribution in [1.29, 1.82) is 0 Å². The molecule has 106 valence electrons. The molecular weight excluding hydrogens is 268 g/mol. The summed E-state index contributed by atoms with van der Waals surface area (Å²) in [5, 5.41) is 0.749. The second kappa shape index (κ2) is 6.29. The highest BCUT2D eigenvalue weighted by Crippen LogP contribution is 2.27. The molecule has 1 unspecified atom stereocenters. The molecule has 0 bridgehead atoms. The zero-order valence-corrected chi connectivity index (χ0v) is 13.0. The van der Waals surface area contributed by atoms with Gasteiger partial charge in [-0.2, -0.15) is 0 Å². The van der Waals surface area contributed by atoms with Crippen LogP contribution in [0.4, 0.5) is 5.69 Å². The number of rotatable bonds is 4. The molecule has 2 aromatic rings. The van der Waals surface area contributed by atoms with Crippen LogP contribution in [-0.4, -0.2) is 13.6 Å². The Hall–Kier alpha value is -1.51. The van der Waals surface area contributed by atoms with Gasteiger partial charge in [0.2, 0.25) is 0 Å². The van der Waals surface area contributed by atoms with Gasteiger partial charge in [0.25, 0.3) is 0 Å². The molecule has 2 aromatic carbocycles. The standard InChI is InChI=1S/C17H21ClN2/c1-12-8-13(2)10-16(9-12)20(3)17(11-19)14-4-6-15(18)7-5-14/h4-10,17H,11,19H2,1-3H3. The number of nitrogens with zero attached hydrogens (tertiary/aromatic N) is 1. The van der Waals surface area contributed by atoms with Gasteiger partial charge < -0.3 is 10.6 Å². The number of likely N-dealkylation sites (N-methyl/N-ethyl adjacent to an activating group) is 1. The molecule has 2 nitrogen and oxygen atoms in total. The van der Waals surface area contributed by atoms with Crippen LogP contribution in [0.2, 0.25) is 5.02 Å². The molecule has 0 aliphatic carbocycles. The summed E-state index contributed by atoms with van der Waals surface area (Å²) in [7, 11) is 2.08. The number of hydrogen-bond donors (Lipinski definition) is 1. The summed E-state index contributed by atoms with van der Waals surface area (Å²) < 4.78 is 0. The van der Waals surface area contributed by atoms with Gasteiger partial charge in [-0.25, -0.2) is 0 Å². The van der Waals surface area contributed by atoms with Crippen LogP contribution in [0.5, 0.6) is 0 Å². The number of halogens is 1. The molecule has 0 aromatic heterocycles. The molecule has 0 aliphatic rings. The van der Waals surface area contributed by atoms with E-state index in [4.69, 9.17) is 17.3 Å². The third-order valence-corrected chi connectivity index (χ3v) is 3.81. The van der Waals surface area contributed by atoms with Crippen LogP contribution in [0.25, 0.3) is 0 Å². The van der Waals surface area contributed by atoms with Crippen molar-refractivity contribution in [2.75, 3.05) is 18.5 Å². The van der Waals surface area contributed by atoms with E-state index in [1.807, 2.05) is 24.3 Å². The summed E-state index contributed by atoms with van der Waals surface area (Å²) in [5.41, 5.74) is 10.9. The van der Waals surface area contributed by atoms with Crippen molar-refractivity contribution in [3.8, 4) is 0 Å². The second-order valence-electron chi connectivity index (χ2n) is 5.26. The van der Waals surface area contributed by atoms with E-state index in [1.165, 1.54) is 22.4 Å². The first-order valence-corrected chi connectivity index (χ1v) is 7.15. The Kier molecular flexibility index (Phi) is 4.69. The number of aryl methyl sites for hydroxylation is 2. The van der Waals surface area contributed by atoms with E-state index < -0.39 is 0 Å². The number of benzene rings is 2. The Balaban J connectivity index is 2.33. The fourth-order valence-corrected chi connectivity index (χ4v) is 2.66. The highest BCUT2D eigenvalue weighted by Gasteiger charge is 2.16. The van der Waals surface area contributed by atoms with Gasteiger partial charge in [-0.3, -0.25) is 0 Å². The number of nitrogens with two attached hydrogens (primary N) is 1. The van der Waals surface area contributed by atoms with Gasteiger partial charge in [-0.15, -0.1) is 0 Å². The Morgan fingerprint density at radius 2 is 1.60 bits per heavy atom. The third-order valence-electron chi connectivity index (χ3n) is 3.56. The van der Waals surface area contributed by atoms with Crippen molar-refractivity contribution < 1.29 is 0 Å². The minimum absolute atomic E-state index is 0.147. The fourth-order valence-electron chi connectivity index (χ4n) is 2.54. The monoisotopic (exact) mass is 288 g/mol. The quantitative estimate of drug-likeness (QED) is 0.918. The molecule has 0 fully saturated rings. The summed E-state index contributed by atoms with van der Waals surface area (Å²) in [4.78, 5) is 2.23. The molecule has 2 N–H and O–H groups in total. The first-order valence-electron chi connectivity index (χ1n) is 6.78. The Morgan fingerprint density at radius 1 is 1.05 bits per heavy atom. The summed E-state index contributed by atoms with van der Waals surface area (Å²) in [6.45, 7) is 4.79. The van der Waals surface area contributed by atoms with E-state index in [1.54, 1.807) is 0 Å². The summed E-state index contributed by atoms with van der Waals surface area (Å²) in [6.07, 6.45) is 0. The zero-order chi connectivity index (χ0) is 14.7. The smallest absolute Gasteiger partial charge is 0.0661 e. The van der Waals surface area contributed by atoms with Gasteiger partial charge in [-0.1, -0.05) is 29.8 Å². The van der Waals surface area contributed by atoms with Crippen molar-refractivity contribution in [1.82, 2.24) is 0 Å². The van der Waals surface area contributed by atoms with E-state index in [0.29, 0.717) is 6.54 Å². The maximum atomic E-state index is 5.98. The van der Waals surface area contributed by atoms with Gasteiger partial charge >= 0.3 is 0 Å². The molecule has 20 heavy (non-hydrogen) atoms. The fraction of sp³-hybridized carbons (Fsp3) is 0.294. The summed E-state index contributed by atoms with van der Waals surface area (Å²) in [5.74, 6) is 0. The van der Waals surface area contributed by atoms with Gasteiger partial charge in [0.15, 0.2) is 0 Å². The van der Waals surface area contributed by atoms with Crippen LogP contribution in [0, 0.1) is 13.8 Å². The molecule has 0 aliphatic heterocycles. The second-order valence-corrected chi connectivity index (χ2v) is 5.70. The SMILES string of the molecule is Cc1cc(C)cc(N(C)C(CN)c2ccc(Cl)cc2)c1. The maximum absolute atomic E-state index is 5.98. The maximum Gasteiger partial charge on any atom is 0.0661 e. The molecule has 0 saturated carbocycles. The Labute approximate surface area is 126 Å². The largest absolute Gasteiger partial charge is 0.366 e. The van der Waals surface area contributed by atoms with Crippen molar-refractivity contribution in [3.63, 3.8) is 0 Å². The molecule has 3 heteroatoms. The first-order chi connectivity index (χ1) is 9.51. The third kappa shape index (κ3) is 3.33. The normalized spacial score (nSPS) is 12.2. The van der Waals surface area contributed by atoms with Gasteiger partial charge in [0, 0.05) is 24.3 Å². The molecule has 2 rings (SSSR count). The molecule has 0 heterocycles. The molecule has 0 spiro atoms. The Morgan fingerprint density at radius 3 is 2.10 bits per heavy atom. The minimum Gasteiger partial charge on any atom is -0.366 e. The lowest BCUT2D eigenvalue weighted by molar-refractivity contribution is 0.680. The average Bonchev–Trinajstić information content (AvgIpc) is 2.40. The van der Waals surface area contributed by atoms with Crippen LogP contribution < -0.4 is 10.6 Å². The zero-order valence-electron chi connectivity index (χ0n) is 12.2. The van der Waals surface area contributed by atoms with Crippen LogP contribution >= 0.6 is 11.6 Å². The highest BCUT2D eigenvalue weighted by molar-refractivity contribution is 6.30. The minimum atomic E-state index is 0.147. The van der Waals surface area contributed by atoms with Crippen LogP contribution in [0.1, 0.15) is 22.7 Å². The van der Waals surface area contributed by atoms with Gasteiger partial charge in [0.05, 0.1) is 6.04 Å². The predicted octanol–water partition coefficient (Wildman–Crippen LogP) is 4.09. The molecule has 1 atom stereocenters. The van der Waals surface area contributed by atoms with E-state index >= 15 is 0 Å². The predicted molar refractivity (Wildman–Crippen MR) is 87.6 cm³/mol. The molecule has 0 saturated heterocycles. The van der Waals surface area contributed by atoms with Crippen LogP contribution in [0.3, 0.4) is 0 Å². The topological polar surface area (TPSA) is 29.3 Å². The van der Waals surface area contributed by atoms with E-state index in [0.717, 1.165) is 5.02 Å². The molecule has 0 radical (unpaired) electrons. The van der Waals surface area contributed by atoms with E-state index in [9.17, 15) is 0 Å². The first kappa shape index (κ1) is 14.9. The van der Waals surface area contributed by atoms with Crippen molar-refractivity contribution >= 4 is 17.3 Å². The van der Waals surface area contributed by atoms with Gasteiger partial charge in [0.1, 0.15) is 0 Å². The van der Waals surface area contributed by atoms with E-state index in [2.05, 4.69) is 44.0 Å². The van der Waals surface area contributed by atoms with Crippen molar-refractivity contribution in [2.45, 2.75) is 19.9 Å². The van der Waals surface area contributed by atoms with E-state index in [-0.39, 0.29) is 6.04 Å². The van der Waals surface area contributed by atoms with Gasteiger partial charge in [-0.05, 0) is 54.8 Å². The summed E-state index contributed by atoms with van der Waals surface area (Å²) in [6, 6.07) is 14.6. The average molecular weight is 289 g/mol. The molecular formula is C17H21ClN2. The number of hydrogen-bond acceptors (Lipinski definition) is 2. The number of anilines is 1. The van der Waals surface area contributed by atoms with Crippen molar-refractivity contribution in [3.05, 3.63) is 64.2 Å². The lowest BCUT2D eigenvalue weighted by Gasteiger charge is -2.30. The van der Waals surface area contributed by atoms with Crippen molar-refractivity contribution in [2.24, 2.45) is 5.73 Å². The Bertz CT molecular complexity index is 558. The molecule has 0 amide bonds. The highest BCUT2D eigenvalue weighted by atomic mass is 35.5. The summed E-state index contributed by atoms with van der Waals surface area (Å²) >= 11 is 5.95. The van der Waals surface area contributed by atoms with Crippen LogP contribution in [0.15, 0.2) is 42.5 Å². The lowest BCUT2D eigenvalue weighted by atomic mass is 10.0. The van der Waals surface area contributed by atoms with Crippen LogP contribution in [-0.2, 0) is 0 Å². The lowest BCUT2D eigenvalue weighted by Crippen LogP contribution is -2.30.